The summed E-state index contributed by atoms with van der Waals surface area (Å²) in [6.07, 6.45) is -4.39. The quantitative estimate of drug-likeness (QED) is 0.595. The first kappa shape index (κ1) is 21.8. The third-order valence-electron chi connectivity index (χ3n) is 5.29. The molecule has 1 aromatic heterocycles. The first-order valence-corrected chi connectivity index (χ1v) is 9.99. The standard InChI is InChI=1S/C22H21F3N4O3/c1-31-18-8-4-16(5-9-18)21(30)29-12-10-28(11-13-29)14-19-26-20(32-27-19)15-2-6-17(7-3-15)22(23,24)25/h2-9H,10-14H2,1H3. The maximum Gasteiger partial charge on any atom is 0.416 e. The molecule has 0 bridgehead atoms. The zero-order valence-corrected chi connectivity index (χ0v) is 17.3. The molecule has 2 aromatic carbocycles. The van der Waals surface area contributed by atoms with Crippen LogP contribution in [0.15, 0.2) is 53.1 Å². The predicted molar refractivity (Wildman–Crippen MR) is 109 cm³/mol. The summed E-state index contributed by atoms with van der Waals surface area (Å²) in [4.78, 5) is 20.8. The molecule has 1 aliphatic heterocycles. The fourth-order valence-electron chi connectivity index (χ4n) is 3.46. The fourth-order valence-corrected chi connectivity index (χ4v) is 3.46. The molecular weight excluding hydrogens is 425 g/mol. The van der Waals surface area contributed by atoms with Crippen molar-refractivity contribution in [1.82, 2.24) is 19.9 Å². The van der Waals surface area contributed by atoms with Gasteiger partial charge in [0.1, 0.15) is 5.75 Å². The highest BCUT2D eigenvalue weighted by Crippen LogP contribution is 2.30. The molecule has 1 fully saturated rings. The smallest absolute Gasteiger partial charge is 0.416 e. The molecule has 32 heavy (non-hydrogen) atoms. The van der Waals surface area contributed by atoms with E-state index in [0.717, 1.165) is 12.1 Å². The Morgan fingerprint density at radius 2 is 1.69 bits per heavy atom. The van der Waals surface area contributed by atoms with E-state index in [0.29, 0.717) is 55.4 Å². The van der Waals surface area contributed by atoms with Crippen LogP contribution < -0.4 is 4.74 Å². The summed E-state index contributed by atoms with van der Waals surface area (Å²) in [7, 11) is 1.58. The SMILES string of the molecule is COc1ccc(C(=O)N2CCN(Cc3noc(-c4ccc(C(F)(F)F)cc4)n3)CC2)cc1. The van der Waals surface area contributed by atoms with E-state index in [4.69, 9.17) is 9.26 Å². The minimum Gasteiger partial charge on any atom is -0.497 e. The second-order valence-corrected chi connectivity index (χ2v) is 7.39. The molecular formula is C22H21F3N4O3. The van der Waals surface area contributed by atoms with E-state index in [1.165, 1.54) is 12.1 Å². The van der Waals surface area contributed by atoms with Gasteiger partial charge in [0.15, 0.2) is 5.82 Å². The Balaban J connectivity index is 1.32. The van der Waals surface area contributed by atoms with Gasteiger partial charge < -0.3 is 14.2 Å². The van der Waals surface area contributed by atoms with Crippen molar-refractivity contribution in [3.05, 3.63) is 65.5 Å². The third kappa shape index (κ3) is 4.91. The molecule has 0 spiro atoms. The molecule has 1 aliphatic rings. The first-order valence-electron chi connectivity index (χ1n) is 9.99. The molecule has 0 saturated carbocycles. The van der Waals surface area contributed by atoms with E-state index in [-0.39, 0.29) is 11.8 Å². The fraction of sp³-hybridized carbons (Fsp3) is 0.318. The molecule has 0 aliphatic carbocycles. The second-order valence-electron chi connectivity index (χ2n) is 7.39. The average Bonchev–Trinajstić information content (AvgIpc) is 3.27. The van der Waals surface area contributed by atoms with Crippen molar-refractivity contribution in [2.45, 2.75) is 12.7 Å². The number of hydrogen-bond donors (Lipinski definition) is 0. The molecule has 1 saturated heterocycles. The van der Waals surface area contributed by atoms with Crippen molar-refractivity contribution in [2.24, 2.45) is 0 Å². The lowest BCUT2D eigenvalue weighted by Crippen LogP contribution is -2.48. The van der Waals surface area contributed by atoms with Crippen LogP contribution in [0, 0.1) is 0 Å². The van der Waals surface area contributed by atoms with E-state index in [9.17, 15) is 18.0 Å². The molecule has 2 heterocycles. The molecule has 0 atom stereocenters. The van der Waals surface area contributed by atoms with E-state index >= 15 is 0 Å². The summed E-state index contributed by atoms with van der Waals surface area (Å²) >= 11 is 0. The number of aromatic nitrogens is 2. The Hall–Kier alpha value is -3.40. The molecule has 0 N–H and O–H groups in total. The van der Waals surface area contributed by atoms with Gasteiger partial charge in [0.25, 0.3) is 11.8 Å². The summed E-state index contributed by atoms with van der Waals surface area (Å²) in [6, 6.07) is 11.6. The lowest BCUT2D eigenvalue weighted by Gasteiger charge is -2.34. The summed E-state index contributed by atoms with van der Waals surface area (Å²) in [5.74, 6) is 1.27. The van der Waals surface area contributed by atoms with Gasteiger partial charge in [0, 0.05) is 37.3 Å². The average molecular weight is 446 g/mol. The Morgan fingerprint density at radius 1 is 1.03 bits per heavy atom. The maximum absolute atomic E-state index is 12.7. The number of methoxy groups -OCH3 is 1. The topological polar surface area (TPSA) is 71.7 Å². The number of alkyl halides is 3. The first-order chi connectivity index (χ1) is 15.3. The van der Waals surface area contributed by atoms with Gasteiger partial charge in [-0.2, -0.15) is 18.2 Å². The molecule has 1 amide bonds. The molecule has 0 radical (unpaired) electrons. The number of halogens is 3. The minimum absolute atomic E-state index is 0.0311. The van der Waals surface area contributed by atoms with Gasteiger partial charge in [-0.05, 0) is 48.5 Å². The number of piperazine rings is 1. The maximum atomic E-state index is 12.7. The number of nitrogens with zero attached hydrogens (tertiary/aromatic N) is 4. The molecule has 4 rings (SSSR count). The number of rotatable bonds is 5. The summed E-state index contributed by atoms with van der Waals surface area (Å²) in [5.41, 5.74) is 0.299. The molecule has 3 aromatic rings. The lowest BCUT2D eigenvalue weighted by atomic mass is 10.1. The Labute approximate surface area is 182 Å². The van der Waals surface area contributed by atoms with Gasteiger partial charge in [0.2, 0.25) is 0 Å². The van der Waals surface area contributed by atoms with Crippen molar-refractivity contribution in [1.29, 1.82) is 0 Å². The number of carbonyl (C=O) groups is 1. The van der Waals surface area contributed by atoms with Crippen molar-refractivity contribution in [3.63, 3.8) is 0 Å². The Kier molecular flexibility index (Phi) is 6.13. The van der Waals surface area contributed by atoms with Crippen molar-refractivity contribution in [3.8, 4) is 17.2 Å². The predicted octanol–water partition coefficient (Wildman–Crippen LogP) is 3.72. The van der Waals surface area contributed by atoms with E-state index in [2.05, 4.69) is 15.0 Å². The van der Waals surface area contributed by atoms with Crippen molar-refractivity contribution in [2.75, 3.05) is 33.3 Å². The highest BCUT2D eigenvalue weighted by Gasteiger charge is 2.30. The molecule has 168 valence electrons. The van der Waals surface area contributed by atoms with E-state index in [1.807, 2.05) is 0 Å². The summed E-state index contributed by atoms with van der Waals surface area (Å²) in [6.45, 7) is 2.84. The van der Waals surface area contributed by atoms with Crippen LogP contribution in [-0.4, -0.2) is 59.1 Å². The molecule has 10 heteroatoms. The normalized spacial score (nSPS) is 15.1. The van der Waals surface area contributed by atoms with Gasteiger partial charge in [-0.15, -0.1) is 0 Å². The van der Waals surface area contributed by atoms with Crippen molar-refractivity contribution < 1.29 is 27.2 Å². The van der Waals surface area contributed by atoms with Gasteiger partial charge in [-0.3, -0.25) is 9.69 Å². The van der Waals surface area contributed by atoms with Gasteiger partial charge in [-0.25, -0.2) is 0 Å². The van der Waals surface area contributed by atoms with Crippen LogP contribution in [0.25, 0.3) is 11.5 Å². The monoisotopic (exact) mass is 446 g/mol. The van der Waals surface area contributed by atoms with Crippen LogP contribution in [0.1, 0.15) is 21.7 Å². The number of benzene rings is 2. The molecule has 0 unspecified atom stereocenters. The van der Waals surface area contributed by atoms with Crippen LogP contribution in [0.4, 0.5) is 13.2 Å². The van der Waals surface area contributed by atoms with Crippen LogP contribution in [-0.2, 0) is 12.7 Å². The Bertz CT molecular complexity index is 1060. The number of amides is 1. The summed E-state index contributed by atoms with van der Waals surface area (Å²) in [5, 5.41) is 3.93. The van der Waals surface area contributed by atoms with E-state index in [1.54, 1.807) is 36.3 Å². The van der Waals surface area contributed by atoms with Crippen LogP contribution in [0.5, 0.6) is 5.75 Å². The lowest BCUT2D eigenvalue weighted by molar-refractivity contribution is -0.137. The largest absolute Gasteiger partial charge is 0.497 e. The van der Waals surface area contributed by atoms with E-state index < -0.39 is 11.7 Å². The zero-order chi connectivity index (χ0) is 22.7. The zero-order valence-electron chi connectivity index (χ0n) is 17.3. The highest BCUT2D eigenvalue weighted by molar-refractivity contribution is 5.94. The summed E-state index contributed by atoms with van der Waals surface area (Å²) < 4.78 is 48.4. The van der Waals surface area contributed by atoms with Crippen LogP contribution in [0.2, 0.25) is 0 Å². The van der Waals surface area contributed by atoms with Gasteiger partial charge >= 0.3 is 6.18 Å². The molecule has 7 nitrogen and oxygen atoms in total. The Morgan fingerprint density at radius 3 is 2.28 bits per heavy atom. The number of hydrogen-bond acceptors (Lipinski definition) is 6. The van der Waals surface area contributed by atoms with Crippen LogP contribution in [0.3, 0.4) is 0 Å². The van der Waals surface area contributed by atoms with Crippen molar-refractivity contribution >= 4 is 5.91 Å². The third-order valence-corrected chi connectivity index (χ3v) is 5.29. The highest BCUT2D eigenvalue weighted by atomic mass is 19.4. The second kappa shape index (κ2) is 8.99. The van der Waals surface area contributed by atoms with Gasteiger partial charge in [0.05, 0.1) is 19.2 Å². The van der Waals surface area contributed by atoms with Crippen LogP contribution >= 0.6 is 0 Å². The number of ether oxygens (including phenoxy) is 1. The number of carbonyl (C=O) groups excluding carboxylic acids is 1. The minimum atomic E-state index is -4.39. The van der Waals surface area contributed by atoms with Gasteiger partial charge in [-0.1, -0.05) is 5.16 Å².